The molecule has 2 aromatic heterocycles. The molecule has 0 N–H and O–H groups in total. The minimum absolute atomic E-state index is 0.239. The van der Waals surface area contributed by atoms with Gasteiger partial charge in [-0.1, -0.05) is 6.07 Å². The Morgan fingerprint density at radius 1 is 1.11 bits per heavy atom. The maximum absolute atomic E-state index is 6.45. The van der Waals surface area contributed by atoms with Crippen LogP contribution in [0.1, 0.15) is 31.1 Å². The predicted molar refractivity (Wildman–Crippen MR) is 109 cm³/mol. The van der Waals surface area contributed by atoms with Crippen molar-refractivity contribution >= 4 is 16.7 Å². The van der Waals surface area contributed by atoms with Crippen LogP contribution in [-0.4, -0.2) is 46.9 Å². The van der Waals surface area contributed by atoms with E-state index in [0.29, 0.717) is 6.04 Å². The number of hydrogen-bond donors (Lipinski definition) is 0. The van der Waals surface area contributed by atoms with Crippen LogP contribution in [0.3, 0.4) is 0 Å². The normalized spacial score (nSPS) is 20.8. The van der Waals surface area contributed by atoms with Crippen LogP contribution in [0.25, 0.3) is 10.9 Å². The first-order valence-electron chi connectivity index (χ1n) is 10.2. The van der Waals surface area contributed by atoms with Crippen molar-refractivity contribution in [3.05, 3.63) is 48.5 Å². The minimum Gasteiger partial charge on any atom is -0.490 e. The maximum Gasteiger partial charge on any atom is 0.132 e. The zero-order valence-corrected chi connectivity index (χ0v) is 16.3. The molecule has 1 unspecified atom stereocenters. The van der Waals surface area contributed by atoms with Crippen molar-refractivity contribution in [2.24, 2.45) is 0 Å². The number of fused-ring (bicyclic) bond motifs is 1. The molecule has 0 saturated carbocycles. The summed E-state index contributed by atoms with van der Waals surface area (Å²) in [5.74, 6) is 2.83. The molecular weight excluding hydrogens is 352 g/mol. The zero-order valence-electron chi connectivity index (χ0n) is 16.3. The number of anilines is 1. The smallest absolute Gasteiger partial charge is 0.132 e. The summed E-state index contributed by atoms with van der Waals surface area (Å²) in [6.07, 6.45) is 7.32. The van der Waals surface area contributed by atoms with Gasteiger partial charge >= 0.3 is 0 Å². The molecule has 0 radical (unpaired) electrons. The van der Waals surface area contributed by atoms with E-state index >= 15 is 0 Å². The molecule has 4 heterocycles. The van der Waals surface area contributed by atoms with E-state index in [1.807, 2.05) is 19.2 Å². The van der Waals surface area contributed by atoms with Crippen molar-refractivity contribution in [1.29, 1.82) is 0 Å². The van der Waals surface area contributed by atoms with Crippen LogP contribution in [0.4, 0.5) is 5.82 Å². The molecule has 2 fully saturated rings. The van der Waals surface area contributed by atoms with Gasteiger partial charge in [-0.05, 0) is 37.6 Å². The number of rotatable bonds is 4. The fraction of sp³-hybridized carbons (Fsp3) is 0.455. The van der Waals surface area contributed by atoms with Gasteiger partial charge < -0.3 is 18.9 Å². The predicted octanol–water partition coefficient (Wildman–Crippen LogP) is 3.75. The average molecular weight is 378 g/mol. The fourth-order valence-corrected chi connectivity index (χ4v) is 4.33. The molecule has 2 aliphatic heterocycles. The lowest BCUT2D eigenvalue weighted by Crippen LogP contribution is -2.38. The summed E-state index contributed by atoms with van der Waals surface area (Å²) < 4.78 is 14.4. The topological polar surface area (TPSA) is 52.4 Å². The van der Waals surface area contributed by atoms with E-state index < -0.39 is 0 Å². The van der Waals surface area contributed by atoms with Gasteiger partial charge in [-0.15, -0.1) is 0 Å². The minimum atomic E-state index is 0.239. The first kappa shape index (κ1) is 17.5. The highest BCUT2D eigenvalue weighted by Gasteiger charge is 2.23. The van der Waals surface area contributed by atoms with E-state index in [-0.39, 0.29) is 6.10 Å². The van der Waals surface area contributed by atoms with E-state index in [2.05, 4.69) is 49.9 Å². The van der Waals surface area contributed by atoms with E-state index in [1.54, 1.807) is 0 Å². The van der Waals surface area contributed by atoms with Gasteiger partial charge in [0.25, 0.3) is 0 Å². The quantitative estimate of drug-likeness (QED) is 0.692. The number of ether oxygens (including phenoxy) is 2. The summed E-state index contributed by atoms with van der Waals surface area (Å²) in [6, 6.07) is 11.0. The Hall–Kier alpha value is -2.60. The van der Waals surface area contributed by atoms with E-state index in [4.69, 9.17) is 9.47 Å². The second-order valence-corrected chi connectivity index (χ2v) is 7.70. The number of aryl methyl sites for hydroxylation is 1. The van der Waals surface area contributed by atoms with Crippen LogP contribution in [0, 0.1) is 6.92 Å². The molecule has 3 aromatic rings. The van der Waals surface area contributed by atoms with Crippen LogP contribution in [0.15, 0.2) is 42.7 Å². The molecule has 2 aliphatic rings. The molecule has 1 aromatic carbocycles. The Kier molecular flexibility index (Phi) is 4.64. The molecule has 6 nitrogen and oxygen atoms in total. The highest BCUT2D eigenvalue weighted by Crippen LogP contribution is 2.32. The number of piperidine rings is 1. The van der Waals surface area contributed by atoms with Crippen LogP contribution in [0.2, 0.25) is 0 Å². The van der Waals surface area contributed by atoms with E-state index in [9.17, 15) is 0 Å². The first-order valence-corrected chi connectivity index (χ1v) is 10.2. The van der Waals surface area contributed by atoms with Crippen molar-refractivity contribution in [3.8, 4) is 5.75 Å². The lowest BCUT2D eigenvalue weighted by atomic mass is 10.1. The fourth-order valence-electron chi connectivity index (χ4n) is 4.33. The summed E-state index contributed by atoms with van der Waals surface area (Å²) >= 11 is 0. The highest BCUT2D eigenvalue weighted by molar-refractivity contribution is 5.86. The third-order valence-corrected chi connectivity index (χ3v) is 5.84. The number of nitrogens with zero attached hydrogens (tertiary/aromatic N) is 4. The molecule has 0 spiro atoms. The van der Waals surface area contributed by atoms with Gasteiger partial charge in [-0.2, -0.15) is 0 Å². The van der Waals surface area contributed by atoms with Crippen molar-refractivity contribution in [1.82, 2.24) is 14.5 Å². The zero-order chi connectivity index (χ0) is 18.9. The monoisotopic (exact) mass is 378 g/mol. The summed E-state index contributed by atoms with van der Waals surface area (Å²) in [6.45, 7) is 5.50. The Morgan fingerprint density at radius 3 is 2.79 bits per heavy atom. The summed E-state index contributed by atoms with van der Waals surface area (Å²) in [5.41, 5.74) is 1.24. The van der Waals surface area contributed by atoms with Gasteiger partial charge in [-0.3, -0.25) is 0 Å². The second kappa shape index (κ2) is 7.43. The highest BCUT2D eigenvalue weighted by atomic mass is 16.5. The number of aromatic nitrogens is 3. The van der Waals surface area contributed by atoms with E-state index in [0.717, 1.165) is 63.0 Å². The molecular formula is C22H26N4O2. The molecule has 5 rings (SSSR count). The van der Waals surface area contributed by atoms with Gasteiger partial charge in [0, 0.05) is 50.3 Å². The van der Waals surface area contributed by atoms with Gasteiger partial charge in [0.2, 0.25) is 0 Å². The average Bonchev–Trinajstić information content (AvgIpc) is 3.38. The van der Waals surface area contributed by atoms with Crippen molar-refractivity contribution in [2.45, 2.75) is 38.3 Å². The Morgan fingerprint density at radius 2 is 2.00 bits per heavy atom. The maximum atomic E-state index is 6.45. The molecule has 28 heavy (non-hydrogen) atoms. The van der Waals surface area contributed by atoms with Crippen molar-refractivity contribution < 1.29 is 9.47 Å². The van der Waals surface area contributed by atoms with Gasteiger partial charge in [0.05, 0.1) is 18.2 Å². The van der Waals surface area contributed by atoms with E-state index in [1.165, 1.54) is 10.9 Å². The number of benzene rings is 1. The lowest BCUT2D eigenvalue weighted by Gasteiger charge is -2.33. The van der Waals surface area contributed by atoms with Crippen LogP contribution >= 0.6 is 0 Å². The SMILES string of the molecule is Cc1nccc(N2CCC(Oc3cccc4c3ccn4C3CCOC3)CC2)n1. The third kappa shape index (κ3) is 3.33. The molecule has 0 aliphatic carbocycles. The molecule has 0 bridgehead atoms. The van der Waals surface area contributed by atoms with Gasteiger partial charge in [0.1, 0.15) is 23.5 Å². The third-order valence-electron chi connectivity index (χ3n) is 5.84. The van der Waals surface area contributed by atoms with Crippen LogP contribution < -0.4 is 9.64 Å². The summed E-state index contributed by atoms with van der Waals surface area (Å²) in [7, 11) is 0. The standard InChI is InChI=1S/C22H26N4O2/c1-16-23-10-5-22(24-16)25-11-6-18(7-12-25)28-21-4-2-3-20-19(21)8-13-26(20)17-9-14-27-15-17/h2-5,8,10,13,17-18H,6-7,9,11-12,14-15H2,1H3. The van der Waals surface area contributed by atoms with Gasteiger partial charge in [0.15, 0.2) is 0 Å². The van der Waals surface area contributed by atoms with Crippen LogP contribution in [0.5, 0.6) is 5.75 Å². The van der Waals surface area contributed by atoms with Gasteiger partial charge in [-0.25, -0.2) is 9.97 Å². The first-order chi connectivity index (χ1) is 13.8. The number of hydrogen-bond acceptors (Lipinski definition) is 5. The molecule has 0 amide bonds. The Bertz CT molecular complexity index is 956. The van der Waals surface area contributed by atoms with Crippen LogP contribution in [-0.2, 0) is 4.74 Å². The Labute approximate surface area is 165 Å². The molecule has 6 heteroatoms. The molecule has 1 atom stereocenters. The Balaban J connectivity index is 1.29. The van der Waals surface area contributed by atoms with Crippen molar-refractivity contribution in [3.63, 3.8) is 0 Å². The lowest BCUT2D eigenvalue weighted by molar-refractivity contribution is 0.173. The molecule has 146 valence electrons. The molecule has 2 saturated heterocycles. The summed E-state index contributed by atoms with van der Waals surface area (Å²) in [4.78, 5) is 11.1. The largest absolute Gasteiger partial charge is 0.490 e. The second-order valence-electron chi connectivity index (χ2n) is 7.70. The summed E-state index contributed by atoms with van der Waals surface area (Å²) in [5, 5.41) is 1.20. The van der Waals surface area contributed by atoms with Crippen molar-refractivity contribution in [2.75, 3.05) is 31.2 Å².